The molecule has 3 aromatic carbocycles. The summed E-state index contributed by atoms with van der Waals surface area (Å²) in [5, 5.41) is 2.96. The summed E-state index contributed by atoms with van der Waals surface area (Å²) in [6.45, 7) is 3.74. The van der Waals surface area contributed by atoms with Crippen LogP contribution in [0.15, 0.2) is 87.8 Å². The third kappa shape index (κ3) is 5.03. The van der Waals surface area contributed by atoms with E-state index in [0.29, 0.717) is 43.4 Å². The molecule has 204 valence electrons. The molecular weight excluding hydrogens is 526 g/mol. The average Bonchev–Trinajstić information content (AvgIpc) is 3.26. The van der Waals surface area contributed by atoms with Gasteiger partial charge in [0.15, 0.2) is 4.80 Å². The standard InChI is InChI=1S/C31H29N3O5S/c1-18-15-20(11-14-24(18)38-4)16-26-30(36)34-28(23-13-12-22(37-3)17-25(23)39-5)27(19(2)32-31(34)40-26)29(35)33-21-9-7-6-8-10-21/h6-17,28H,1-5H3,(H,33,35)/b26-16-/t28-/m1/s1. The Kier molecular flexibility index (Phi) is 7.57. The summed E-state index contributed by atoms with van der Waals surface area (Å²) in [6.07, 6.45) is 1.83. The fourth-order valence-corrected chi connectivity index (χ4v) is 5.86. The van der Waals surface area contributed by atoms with Crippen molar-refractivity contribution >= 4 is 29.0 Å². The molecule has 5 rings (SSSR count). The van der Waals surface area contributed by atoms with E-state index in [2.05, 4.69) is 5.32 Å². The number of thiazole rings is 1. The van der Waals surface area contributed by atoms with E-state index in [1.165, 1.54) is 11.3 Å². The first-order valence-corrected chi connectivity index (χ1v) is 13.4. The summed E-state index contributed by atoms with van der Waals surface area (Å²) in [6, 6.07) is 19.5. The monoisotopic (exact) mass is 555 g/mol. The predicted octanol–water partition coefficient (Wildman–Crippen LogP) is 4.21. The summed E-state index contributed by atoms with van der Waals surface area (Å²) in [5.74, 6) is 1.51. The van der Waals surface area contributed by atoms with Crippen LogP contribution in [0.5, 0.6) is 17.2 Å². The first-order chi connectivity index (χ1) is 19.3. The number of hydrogen-bond donors (Lipinski definition) is 1. The molecule has 0 radical (unpaired) electrons. The van der Waals surface area contributed by atoms with Gasteiger partial charge in [-0.05, 0) is 67.4 Å². The molecule has 1 N–H and O–H groups in total. The lowest BCUT2D eigenvalue weighted by atomic mass is 9.94. The number of methoxy groups -OCH3 is 3. The van der Waals surface area contributed by atoms with Crippen molar-refractivity contribution in [2.45, 2.75) is 19.9 Å². The highest BCUT2D eigenvalue weighted by molar-refractivity contribution is 7.07. The summed E-state index contributed by atoms with van der Waals surface area (Å²) in [4.78, 5) is 33.0. The van der Waals surface area contributed by atoms with E-state index in [1.807, 2.05) is 67.6 Å². The molecule has 1 aliphatic rings. The molecule has 0 unspecified atom stereocenters. The quantitative estimate of drug-likeness (QED) is 0.369. The van der Waals surface area contributed by atoms with Gasteiger partial charge in [-0.1, -0.05) is 35.6 Å². The van der Waals surface area contributed by atoms with E-state index in [0.717, 1.165) is 16.9 Å². The van der Waals surface area contributed by atoms with Gasteiger partial charge < -0.3 is 19.5 Å². The lowest BCUT2D eigenvalue weighted by molar-refractivity contribution is -0.113. The number of ether oxygens (including phenoxy) is 3. The van der Waals surface area contributed by atoms with Crippen molar-refractivity contribution in [3.05, 3.63) is 114 Å². The summed E-state index contributed by atoms with van der Waals surface area (Å²) >= 11 is 1.28. The highest BCUT2D eigenvalue weighted by Crippen LogP contribution is 2.37. The van der Waals surface area contributed by atoms with Crippen LogP contribution in [-0.2, 0) is 4.79 Å². The summed E-state index contributed by atoms with van der Waals surface area (Å²) in [5.41, 5.74) is 3.72. The number of allylic oxidation sites excluding steroid dienone is 1. The van der Waals surface area contributed by atoms with Crippen LogP contribution in [0.4, 0.5) is 5.69 Å². The first kappa shape index (κ1) is 27.0. The van der Waals surface area contributed by atoms with Crippen LogP contribution in [0.1, 0.15) is 29.7 Å². The molecule has 0 fully saturated rings. The number of fused-ring (bicyclic) bond motifs is 1. The van der Waals surface area contributed by atoms with E-state index in [-0.39, 0.29) is 11.5 Å². The maximum atomic E-state index is 14.0. The third-order valence-corrected chi connectivity index (χ3v) is 7.73. The van der Waals surface area contributed by atoms with Gasteiger partial charge in [-0.2, -0.15) is 0 Å². The van der Waals surface area contributed by atoms with Gasteiger partial charge in [-0.3, -0.25) is 14.2 Å². The van der Waals surface area contributed by atoms with Gasteiger partial charge in [0.2, 0.25) is 0 Å². The van der Waals surface area contributed by atoms with Crippen molar-refractivity contribution in [2.24, 2.45) is 4.99 Å². The Morgan fingerprint density at radius 2 is 1.70 bits per heavy atom. The molecule has 0 aliphatic carbocycles. The summed E-state index contributed by atoms with van der Waals surface area (Å²) < 4.78 is 18.6. The van der Waals surface area contributed by atoms with Crippen molar-refractivity contribution in [3.8, 4) is 17.2 Å². The maximum Gasteiger partial charge on any atom is 0.271 e. The van der Waals surface area contributed by atoms with Crippen LogP contribution in [-0.4, -0.2) is 31.8 Å². The Morgan fingerprint density at radius 1 is 0.950 bits per heavy atom. The average molecular weight is 556 g/mol. The molecular formula is C31H29N3O5S. The predicted molar refractivity (Wildman–Crippen MR) is 156 cm³/mol. The number of amides is 1. The number of nitrogens with zero attached hydrogens (tertiary/aromatic N) is 2. The molecule has 8 nitrogen and oxygen atoms in total. The van der Waals surface area contributed by atoms with Crippen molar-refractivity contribution in [3.63, 3.8) is 0 Å². The molecule has 0 bridgehead atoms. The number of aryl methyl sites for hydroxylation is 1. The molecule has 2 heterocycles. The number of rotatable bonds is 7. The minimum absolute atomic E-state index is 0.252. The van der Waals surface area contributed by atoms with Gasteiger partial charge in [-0.15, -0.1) is 0 Å². The molecule has 1 amide bonds. The molecule has 0 spiro atoms. The maximum absolute atomic E-state index is 14.0. The normalized spacial score (nSPS) is 14.8. The van der Waals surface area contributed by atoms with Crippen LogP contribution < -0.4 is 34.4 Å². The zero-order valence-electron chi connectivity index (χ0n) is 22.8. The minimum Gasteiger partial charge on any atom is -0.497 e. The van der Waals surface area contributed by atoms with E-state index >= 15 is 0 Å². The first-order valence-electron chi connectivity index (χ1n) is 12.6. The van der Waals surface area contributed by atoms with Gasteiger partial charge in [0, 0.05) is 17.3 Å². The Balaban J connectivity index is 1.71. The lowest BCUT2D eigenvalue weighted by Crippen LogP contribution is -2.40. The lowest BCUT2D eigenvalue weighted by Gasteiger charge is -2.26. The number of para-hydroxylation sites is 1. The Labute approximate surface area is 235 Å². The van der Waals surface area contributed by atoms with Crippen LogP contribution in [0.3, 0.4) is 0 Å². The van der Waals surface area contributed by atoms with Gasteiger partial charge in [0.25, 0.3) is 11.5 Å². The number of carbonyl (C=O) groups excluding carboxylic acids is 1. The Bertz CT molecular complexity index is 1800. The van der Waals surface area contributed by atoms with Crippen molar-refractivity contribution in [1.29, 1.82) is 0 Å². The van der Waals surface area contributed by atoms with Gasteiger partial charge in [0.05, 0.1) is 37.1 Å². The highest BCUT2D eigenvalue weighted by atomic mass is 32.1. The highest BCUT2D eigenvalue weighted by Gasteiger charge is 2.34. The minimum atomic E-state index is -0.777. The van der Waals surface area contributed by atoms with Crippen molar-refractivity contribution < 1.29 is 19.0 Å². The number of nitrogens with one attached hydrogen (secondary N) is 1. The van der Waals surface area contributed by atoms with Crippen LogP contribution in [0.25, 0.3) is 6.08 Å². The van der Waals surface area contributed by atoms with Crippen LogP contribution in [0, 0.1) is 6.92 Å². The van der Waals surface area contributed by atoms with Crippen molar-refractivity contribution in [2.75, 3.05) is 26.6 Å². The largest absolute Gasteiger partial charge is 0.497 e. The fraction of sp³-hybridized carbons (Fsp3) is 0.194. The number of aromatic nitrogens is 1. The van der Waals surface area contributed by atoms with E-state index in [9.17, 15) is 9.59 Å². The smallest absolute Gasteiger partial charge is 0.271 e. The molecule has 1 aromatic heterocycles. The molecule has 1 atom stereocenters. The topological polar surface area (TPSA) is 91.2 Å². The Morgan fingerprint density at radius 3 is 2.38 bits per heavy atom. The second kappa shape index (κ2) is 11.2. The molecule has 1 aliphatic heterocycles. The number of anilines is 1. The van der Waals surface area contributed by atoms with E-state index in [1.54, 1.807) is 45.0 Å². The number of hydrogen-bond acceptors (Lipinski definition) is 7. The third-order valence-electron chi connectivity index (χ3n) is 6.75. The Hall–Kier alpha value is -4.63. The molecule has 40 heavy (non-hydrogen) atoms. The second-order valence-corrected chi connectivity index (χ2v) is 10.2. The zero-order chi connectivity index (χ0) is 28.4. The molecule has 0 saturated heterocycles. The number of carbonyl (C=O) groups is 1. The van der Waals surface area contributed by atoms with Gasteiger partial charge in [0.1, 0.15) is 23.3 Å². The van der Waals surface area contributed by atoms with Crippen LogP contribution in [0.2, 0.25) is 0 Å². The van der Waals surface area contributed by atoms with Crippen molar-refractivity contribution in [1.82, 2.24) is 4.57 Å². The van der Waals surface area contributed by atoms with Gasteiger partial charge >= 0.3 is 0 Å². The molecule has 4 aromatic rings. The fourth-order valence-electron chi connectivity index (χ4n) is 4.81. The zero-order valence-corrected chi connectivity index (χ0v) is 23.7. The number of benzene rings is 3. The van der Waals surface area contributed by atoms with Crippen LogP contribution >= 0.6 is 11.3 Å². The second-order valence-electron chi connectivity index (χ2n) is 9.24. The molecule has 0 saturated carbocycles. The van der Waals surface area contributed by atoms with Gasteiger partial charge in [-0.25, -0.2) is 4.99 Å². The molecule has 9 heteroatoms. The SMILES string of the molecule is COc1ccc([C@@H]2C(C(=O)Nc3ccccc3)=C(C)N=c3s/c(=C\c4ccc(OC)c(C)c4)c(=O)n32)c(OC)c1. The van der Waals surface area contributed by atoms with E-state index in [4.69, 9.17) is 19.2 Å². The van der Waals surface area contributed by atoms with E-state index < -0.39 is 6.04 Å². The summed E-state index contributed by atoms with van der Waals surface area (Å²) in [7, 11) is 4.75.